The molecule has 0 fully saturated rings. The smallest absolute Gasteiger partial charge is 0.122 e. The van der Waals surface area contributed by atoms with Crippen LogP contribution in [0.25, 0.3) is 0 Å². The van der Waals surface area contributed by atoms with E-state index in [0.29, 0.717) is 25.0 Å². The fourth-order valence-corrected chi connectivity index (χ4v) is 2.83. The minimum atomic E-state index is 0.610. The van der Waals surface area contributed by atoms with Crippen LogP contribution in [-0.4, -0.2) is 45.4 Å². The highest BCUT2D eigenvalue weighted by Gasteiger charge is 2.13. The van der Waals surface area contributed by atoms with Gasteiger partial charge in [-0.2, -0.15) is 0 Å². The lowest BCUT2D eigenvalue weighted by molar-refractivity contribution is 0.0887. The van der Waals surface area contributed by atoms with E-state index in [9.17, 15) is 0 Å². The van der Waals surface area contributed by atoms with Gasteiger partial charge >= 0.3 is 0 Å². The molecular formula is C21H37NO2. The molecule has 3 heteroatoms. The lowest BCUT2D eigenvalue weighted by Gasteiger charge is -2.19. The Balaban J connectivity index is 2.67. The molecule has 0 aliphatic heterocycles. The van der Waals surface area contributed by atoms with Crippen molar-refractivity contribution in [1.29, 1.82) is 0 Å². The number of nitrogens with zero attached hydrogens (tertiary/aromatic N) is 1. The van der Waals surface area contributed by atoms with Crippen molar-refractivity contribution in [2.75, 3.05) is 40.5 Å². The quantitative estimate of drug-likeness (QED) is 0.561. The van der Waals surface area contributed by atoms with E-state index in [2.05, 4.69) is 65.7 Å². The number of hydrogen-bond donors (Lipinski definition) is 0. The van der Waals surface area contributed by atoms with E-state index in [1.807, 2.05) is 0 Å². The second-order valence-corrected chi connectivity index (χ2v) is 7.79. The number of hydrogen-bond acceptors (Lipinski definition) is 3. The van der Waals surface area contributed by atoms with Crippen molar-refractivity contribution >= 4 is 0 Å². The van der Waals surface area contributed by atoms with Gasteiger partial charge in [0.1, 0.15) is 12.4 Å². The zero-order chi connectivity index (χ0) is 18.1. The Hall–Kier alpha value is -1.06. The van der Waals surface area contributed by atoms with Crippen LogP contribution >= 0.6 is 0 Å². The zero-order valence-electron chi connectivity index (χ0n) is 16.8. The standard InChI is InChI=1S/C21H37NO2/c1-16(2)14-19-8-9-21(18(5)20(19)15-17(3)4)24-13-12-23-11-10-22(6)7/h8-9,16-17H,10-15H2,1-7H3. The maximum absolute atomic E-state index is 5.99. The molecule has 0 radical (unpaired) electrons. The Kier molecular flexibility index (Phi) is 9.38. The number of ether oxygens (including phenoxy) is 2. The van der Waals surface area contributed by atoms with Crippen LogP contribution < -0.4 is 4.74 Å². The molecule has 0 heterocycles. The average molecular weight is 336 g/mol. The normalized spacial score (nSPS) is 11.8. The third kappa shape index (κ3) is 7.67. The molecule has 0 saturated heterocycles. The molecule has 138 valence electrons. The van der Waals surface area contributed by atoms with Crippen molar-refractivity contribution in [1.82, 2.24) is 4.90 Å². The van der Waals surface area contributed by atoms with Gasteiger partial charge in [-0.3, -0.25) is 0 Å². The van der Waals surface area contributed by atoms with Crippen LogP contribution in [0.1, 0.15) is 44.4 Å². The largest absolute Gasteiger partial charge is 0.491 e. The minimum Gasteiger partial charge on any atom is -0.491 e. The molecule has 3 nitrogen and oxygen atoms in total. The van der Waals surface area contributed by atoms with Crippen molar-refractivity contribution in [2.24, 2.45) is 11.8 Å². The maximum Gasteiger partial charge on any atom is 0.122 e. The Bertz CT molecular complexity index is 481. The van der Waals surface area contributed by atoms with Gasteiger partial charge in [0.15, 0.2) is 0 Å². The van der Waals surface area contributed by atoms with Gasteiger partial charge in [0, 0.05) is 6.54 Å². The predicted octanol–water partition coefficient (Wildman–Crippen LogP) is 4.35. The van der Waals surface area contributed by atoms with Crippen LogP contribution in [0, 0.1) is 18.8 Å². The van der Waals surface area contributed by atoms with Gasteiger partial charge < -0.3 is 14.4 Å². The van der Waals surface area contributed by atoms with E-state index in [1.165, 1.54) is 16.7 Å². The van der Waals surface area contributed by atoms with Gasteiger partial charge in [-0.15, -0.1) is 0 Å². The molecule has 0 aromatic heterocycles. The Morgan fingerprint density at radius 3 is 2.17 bits per heavy atom. The molecule has 24 heavy (non-hydrogen) atoms. The van der Waals surface area contributed by atoms with Crippen molar-refractivity contribution in [3.05, 3.63) is 28.8 Å². The van der Waals surface area contributed by atoms with Crippen molar-refractivity contribution < 1.29 is 9.47 Å². The lowest BCUT2D eigenvalue weighted by Crippen LogP contribution is -2.19. The van der Waals surface area contributed by atoms with Gasteiger partial charge in [-0.05, 0) is 68.5 Å². The van der Waals surface area contributed by atoms with Gasteiger partial charge in [-0.1, -0.05) is 33.8 Å². The summed E-state index contributed by atoms with van der Waals surface area (Å²) in [6.07, 6.45) is 2.25. The van der Waals surface area contributed by atoms with Crippen molar-refractivity contribution in [2.45, 2.75) is 47.5 Å². The third-order valence-corrected chi connectivity index (χ3v) is 4.05. The fraction of sp³-hybridized carbons (Fsp3) is 0.714. The molecule has 1 rings (SSSR count). The van der Waals surface area contributed by atoms with Crippen LogP contribution in [0.15, 0.2) is 12.1 Å². The van der Waals surface area contributed by atoms with E-state index in [1.54, 1.807) is 0 Å². The molecule has 1 aromatic carbocycles. The summed E-state index contributed by atoms with van der Waals surface area (Å²) in [6.45, 7) is 14.3. The number of likely N-dealkylation sites (N-methyl/N-ethyl adjacent to an activating group) is 1. The SMILES string of the molecule is Cc1c(OCCOCCN(C)C)ccc(CC(C)C)c1CC(C)C. The Labute approximate surface area is 149 Å². The van der Waals surface area contributed by atoms with Gasteiger partial charge in [0.2, 0.25) is 0 Å². The summed E-state index contributed by atoms with van der Waals surface area (Å²) in [4.78, 5) is 2.12. The van der Waals surface area contributed by atoms with Gasteiger partial charge in [0.25, 0.3) is 0 Å². The third-order valence-electron chi connectivity index (χ3n) is 4.05. The molecule has 1 aromatic rings. The second kappa shape index (κ2) is 10.7. The van der Waals surface area contributed by atoms with Crippen LogP contribution in [0.2, 0.25) is 0 Å². The summed E-state index contributed by atoms with van der Waals surface area (Å²) in [7, 11) is 4.11. The first kappa shape index (κ1) is 21.0. The minimum absolute atomic E-state index is 0.610. The van der Waals surface area contributed by atoms with Crippen molar-refractivity contribution in [3.63, 3.8) is 0 Å². The molecule has 0 N–H and O–H groups in total. The molecule has 0 saturated carbocycles. The van der Waals surface area contributed by atoms with Crippen molar-refractivity contribution in [3.8, 4) is 5.75 Å². The number of benzene rings is 1. The summed E-state index contributed by atoms with van der Waals surface area (Å²) < 4.78 is 11.6. The van der Waals surface area contributed by atoms with Gasteiger partial charge in [0.05, 0.1) is 13.2 Å². The molecule has 0 amide bonds. The summed E-state index contributed by atoms with van der Waals surface area (Å²) in [6, 6.07) is 4.39. The van der Waals surface area contributed by atoms with E-state index in [4.69, 9.17) is 9.47 Å². The summed E-state index contributed by atoms with van der Waals surface area (Å²) in [5, 5.41) is 0. The monoisotopic (exact) mass is 335 g/mol. The highest BCUT2D eigenvalue weighted by Crippen LogP contribution is 2.28. The van der Waals surface area contributed by atoms with Gasteiger partial charge in [-0.25, -0.2) is 0 Å². The second-order valence-electron chi connectivity index (χ2n) is 7.79. The topological polar surface area (TPSA) is 21.7 Å². The lowest BCUT2D eigenvalue weighted by atomic mass is 9.89. The fourth-order valence-electron chi connectivity index (χ4n) is 2.83. The molecular weight excluding hydrogens is 298 g/mol. The van der Waals surface area contributed by atoms with Crippen LogP contribution in [0.5, 0.6) is 5.75 Å². The zero-order valence-corrected chi connectivity index (χ0v) is 16.8. The highest BCUT2D eigenvalue weighted by molar-refractivity contribution is 5.45. The van der Waals surface area contributed by atoms with Crippen LogP contribution in [-0.2, 0) is 17.6 Å². The summed E-state index contributed by atoms with van der Waals surface area (Å²) >= 11 is 0. The summed E-state index contributed by atoms with van der Waals surface area (Å²) in [5.41, 5.74) is 4.26. The van der Waals surface area contributed by atoms with Crippen LogP contribution in [0.4, 0.5) is 0 Å². The Morgan fingerprint density at radius 2 is 1.58 bits per heavy atom. The highest BCUT2D eigenvalue weighted by atomic mass is 16.5. The molecule has 0 aliphatic carbocycles. The molecule has 0 unspecified atom stereocenters. The molecule has 0 atom stereocenters. The van der Waals surface area contributed by atoms with E-state index < -0.39 is 0 Å². The first-order valence-electron chi connectivity index (χ1n) is 9.27. The first-order chi connectivity index (χ1) is 11.3. The maximum atomic E-state index is 5.99. The molecule has 0 aliphatic rings. The first-order valence-corrected chi connectivity index (χ1v) is 9.27. The molecule has 0 spiro atoms. The predicted molar refractivity (Wildman–Crippen MR) is 103 cm³/mol. The average Bonchev–Trinajstić information content (AvgIpc) is 2.47. The van der Waals surface area contributed by atoms with Crippen LogP contribution in [0.3, 0.4) is 0 Å². The molecule has 0 bridgehead atoms. The Morgan fingerprint density at radius 1 is 0.917 bits per heavy atom. The van der Waals surface area contributed by atoms with E-state index in [-0.39, 0.29) is 0 Å². The number of rotatable bonds is 11. The summed E-state index contributed by atoms with van der Waals surface area (Å²) in [5.74, 6) is 2.33. The van der Waals surface area contributed by atoms with E-state index in [0.717, 1.165) is 31.7 Å². The van der Waals surface area contributed by atoms with E-state index >= 15 is 0 Å².